The van der Waals surface area contributed by atoms with E-state index >= 15 is 0 Å². The molecule has 0 amide bonds. The van der Waals surface area contributed by atoms with Crippen LogP contribution in [0.1, 0.15) is 29.3 Å². The molecule has 1 atom stereocenters. The Bertz CT molecular complexity index is 1050. The van der Waals surface area contributed by atoms with Gasteiger partial charge in [0, 0.05) is 43.2 Å². The van der Waals surface area contributed by atoms with E-state index in [4.69, 9.17) is 14.7 Å². The summed E-state index contributed by atoms with van der Waals surface area (Å²) in [5, 5.41) is 7.03. The molecule has 1 aromatic heterocycles. The highest BCUT2D eigenvalue weighted by molar-refractivity contribution is 5.71. The monoisotopic (exact) mass is 401 g/mol. The number of hydrogen-bond donors (Lipinski definition) is 2. The molecule has 2 aliphatic rings. The molecule has 30 heavy (non-hydrogen) atoms. The van der Waals surface area contributed by atoms with Crippen molar-refractivity contribution in [2.24, 2.45) is 0 Å². The molecule has 3 heterocycles. The number of nitrogens with zero attached hydrogens (tertiary/aromatic N) is 3. The largest absolute Gasteiger partial charge is 0.496 e. The van der Waals surface area contributed by atoms with E-state index in [9.17, 15) is 0 Å². The first-order valence-corrected chi connectivity index (χ1v) is 10.6. The van der Waals surface area contributed by atoms with Crippen LogP contribution in [0.4, 0.5) is 17.5 Å². The second-order valence-electron chi connectivity index (χ2n) is 7.94. The fraction of sp³-hybridized carbons (Fsp3) is 0.333. The van der Waals surface area contributed by atoms with Gasteiger partial charge in [-0.15, -0.1) is 0 Å². The predicted octanol–water partition coefficient (Wildman–Crippen LogP) is 3.83. The van der Waals surface area contributed by atoms with Gasteiger partial charge in [0.15, 0.2) is 0 Å². The Morgan fingerprint density at radius 2 is 1.97 bits per heavy atom. The lowest BCUT2D eigenvalue weighted by molar-refractivity contribution is 0.410. The third kappa shape index (κ3) is 3.37. The van der Waals surface area contributed by atoms with Crippen molar-refractivity contribution in [3.63, 3.8) is 0 Å². The lowest BCUT2D eigenvalue weighted by Gasteiger charge is -2.27. The maximum Gasteiger partial charge on any atom is 0.232 e. The summed E-state index contributed by atoms with van der Waals surface area (Å²) in [6, 6.07) is 16.9. The van der Waals surface area contributed by atoms with Crippen molar-refractivity contribution in [2.75, 3.05) is 23.9 Å². The van der Waals surface area contributed by atoms with Crippen LogP contribution in [0.25, 0.3) is 0 Å². The minimum Gasteiger partial charge on any atom is -0.496 e. The summed E-state index contributed by atoms with van der Waals surface area (Å²) in [5.41, 5.74) is 5.93. The van der Waals surface area contributed by atoms with Crippen LogP contribution in [0.15, 0.2) is 48.5 Å². The van der Waals surface area contributed by atoms with E-state index < -0.39 is 0 Å². The average molecular weight is 402 g/mol. The minimum absolute atomic E-state index is 0.276. The van der Waals surface area contributed by atoms with Crippen LogP contribution in [-0.2, 0) is 25.9 Å². The average Bonchev–Trinajstić information content (AvgIpc) is 3.13. The molecule has 0 saturated heterocycles. The molecule has 0 aliphatic carbocycles. The van der Waals surface area contributed by atoms with Crippen LogP contribution in [0.3, 0.4) is 0 Å². The standard InChI is InChI=1S/C24H27N5O/c1-16-13-18-21(9-6-10-22(18)30-2)29(16)24-27-20-11-12-25-15-19(20)23(28-24)26-14-17-7-4-3-5-8-17/h3-10,16,25H,11-15H2,1-2H3,(H,26,27,28). The fourth-order valence-electron chi connectivity index (χ4n) is 4.47. The zero-order valence-electron chi connectivity index (χ0n) is 17.5. The summed E-state index contributed by atoms with van der Waals surface area (Å²) in [6.45, 7) is 4.71. The summed E-state index contributed by atoms with van der Waals surface area (Å²) in [4.78, 5) is 12.3. The van der Waals surface area contributed by atoms with Crippen LogP contribution < -0.4 is 20.3 Å². The molecule has 154 valence electrons. The van der Waals surface area contributed by atoms with Gasteiger partial charge in [0.2, 0.25) is 5.95 Å². The van der Waals surface area contributed by atoms with Gasteiger partial charge < -0.3 is 20.3 Å². The van der Waals surface area contributed by atoms with E-state index in [-0.39, 0.29) is 6.04 Å². The Balaban J connectivity index is 1.53. The molecule has 5 rings (SSSR count). The smallest absolute Gasteiger partial charge is 0.232 e. The topological polar surface area (TPSA) is 62.3 Å². The third-order valence-electron chi connectivity index (χ3n) is 5.97. The first-order chi connectivity index (χ1) is 14.7. The first kappa shape index (κ1) is 18.9. The summed E-state index contributed by atoms with van der Waals surface area (Å²) in [7, 11) is 1.73. The molecule has 1 unspecified atom stereocenters. The van der Waals surface area contributed by atoms with Crippen LogP contribution >= 0.6 is 0 Å². The zero-order chi connectivity index (χ0) is 20.5. The van der Waals surface area contributed by atoms with Crippen molar-refractivity contribution in [1.29, 1.82) is 0 Å². The van der Waals surface area contributed by atoms with E-state index in [1.165, 1.54) is 16.7 Å². The van der Waals surface area contributed by atoms with Crippen molar-refractivity contribution in [3.05, 3.63) is 70.9 Å². The van der Waals surface area contributed by atoms with Crippen molar-refractivity contribution in [3.8, 4) is 5.75 Å². The molecule has 6 heteroatoms. The maximum atomic E-state index is 5.60. The molecule has 2 N–H and O–H groups in total. The molecule has 0 saturated carbocycles. The Morgan fingerprint density at radius 3 is 2.80 bits per heavy atom. The van der Waals surface area contributed by atoms with Crippen molar-refractivity contribution >= 4 is 17.5 Å². The third-order valence-corrected chi connectivity index (χ3v) is 5.97. The van der Waals surface area contributed by atoms with Crippen molar-refractivity contribution in [1.82, 2.24) is 15.3 Å². The van der Waals surface area contributed by atoms with Crippen LogP contribution in [0, 0.1) is 0 Å². The van der Waals surface area contributed by atoms with E-state index in [0.29, 0.717) is 0 Å². The number of rotatable bonds is 5. The van der Waals surface area contributed by atoms with Gasteiger partial charge in [-0.2, -0.15) is 4.98 Å². The van der Waals surface area contributed by atoms with Gasteiger partial charge in [0.1, 0.15) is 11.6 Å². The first-order valence-electron chi connectivity index (χ1n) is 10.6. The molecular weight excluding hydrogens is 374 g/mol. The van der Waals surface area contributed by atoms with Gasteiger partial charge in [-0.3, -0.25) is 0 Å². The molecule has 2 aromatic carbocycles. The summed E-state index contributed by atoms with van der Waals surface area (Å²) >= 11 is 0. The summed E-state index contributed by atoms with van der Waals surface area (Å²) in [5.74, 6) is 2.63. The number of fused-ring (bicyclic) bond motifs is 2. The molecule has 0 radical (unpaired) electrons. The van der Waals surface area contributed by atoms with E-state index in [1.54, 1.807) is 7.11 Å². The van der Waals surface area contributed by atoms with Crippen LogP contribution in [0.5, 0.6) is 5.75 Å². The Labute approximate surface area is 177 Å². The lowest BCUT2D eigenvalue weighted by Crippen LogP contribution is -2.30. The molecule has 0 fully saturated rings. The van der Waals surface area contributed by atoms with E-state index in [0.717, 1.165) is 61.4 Å². The molecule has 6 nitrogen and oxygen atoms in total. The molecular formula is C24H27N5O. The Kier molecular flexibility index (Phi) is 5.01. The highest BCUT2D eigenvalue weighted by atomic mass is 16.5. The van der Waals surface area contributed by atoms with Gasteiger partial charge in [0.25, 0.3) is 0 Å². The van der Waals surface area contributed by atoms with E-state index in [2.05, 4.69) is 52.8 Å². The van der Waals surface area contributed by atoms with Gasteiger partial charge in [-0.05, 0) is 31.0 Å². The number of nitrogens with one attached hydrogen (secondary N) is 2. The quantitative estimate of drug-likeness (QED) is 0.678. The maximum absolute atomic E-state index is 5.60. The molecule has 2 aliphatic heterocycles. The van der Waals surface area contributed by atoms with Crippen LogP contribution in [-0.4, -0.2) is 29.7 Å². The van der Waals surface area contributed by atoms with E-state index in [1.807, 2.05) is 18.2 Å². The Morgan fingerprint density at radius 1 is 1.10 bits per heavy atom. The second-order valence-corrected chi connectivity index (χ2v) is 7.94. The normalized spacial score (nSPS) is 17.4. The molecule has 0 bridgehead atoms. The van der Waals surface area contributed by atoms with Crippen LogP contribution in [0.2, 0.25) is 0 Å². The summed E-state index contributed by atoms with van der Waals surface area (Å²) < 4.78 is 5.60. The SMILES string of the molecule is COc1cccc2c1CC(C)N2c1nc2c(c(NCc3ccccc3)n1)CNCC2. The number of hydrogen-bond acceptors (Lipinski definition) is 6. The number of benzene rings is 2. The number of methoxy groups -OCH3 is 1. The van der Waals surface area contributed by atoms with Crippen molar-refractivity contribution in [2.45, 2.75) is 38.9 Å². The highest BCUT2D eigenvalue weighted by Crippen LogP contribution is 2.42. The van der Waals surface area contributed by atoms with Gasteiger partial charge in [-0.1, -0.05) is 36.4 Å². The van der Waals surface area contributed by atoms with Crippen molar-refractivity contribution < 1.29 is 4.74 Å². The predicted molar refractivity (Wildman–Crippen MR) is 120 cm³/mol. The number of anilines is 3. The lowest BCUT2D eigenvalue weighted by atomic mass is 10.1. The van der Waals surface area contributed by atoms with Gasteiger partial charge >= 0.3 is 0 Å². The minimum atomic E-state index is 0.276. The van der Waals surface area contributed by atoms with Gasteiger partial charge in [-0.25, -0.2) is 4.98 Å². The number of aromatic nitrogens is 2. The molecule has 3 aromatic rings. The Hall–Kier alpha value is -3.12. The highest BCUT2D eigenvalue weighted by Gasteiger charge is 2.32. The number of ether oxygens (including phenoxy) is 1. The zero-order valence-corrected chi connectivity index (χ0v) is 17.5. The second kappa shape index (κ2) is 7.95. The summed E-state index contributed by atoms with van der Waals surface area (Å²) in [6.07, 6.45) is 1.84. The van der Waals surface area contributed by atoms with Gasteiger partial charge in [0.05, 0.1) is 18.5 Å². The molecule has 0 spiro atoms. The fourth-order valence-corrected chi connectivity index (χ4v) is 4.47.